The molecular weight excluding hydrogens is 186 g/mol. The van der Waals surface area contributed by atoms with Crippen LogP contribution in [0.25, 0.3) is 0 Å². The summed E-state index contributed by atoms with van der Waals surface area (Å²) in [6, 6.07) is 8.03. The van der Waals surface area contributed by atoms with E-state index in [1.807, 2.05) is 49.0 Å². The maximum absolute atomic E-state index is 4.40. The lowest BCUT2D eigenvalue weighted by Crippen LogP contribution is -1.94. The van der Waals surface area contributed by atoms with Gasteiger partial charge < -0.3 is 4.57 Å². The summed E-state index contributed by atoms with van der Waals surface area (Å²) < 4.78 is 1.93. The first kappa shape index (κ1) is 9.65. The average Bonchev–Trinajstić information content (AvgIpc) is 2.63. The highest BCUT2D eigenvalue weighted by Crippen LogP contribution is 2.16. The molecule has 2 rings (SSSR count). The lowest BCUT2D eigenvalue weighted by atomic mass is 10.2. The second-order valence-electron chi connectivity index (χ2n) is 3.44. The van der Waals surface area contributed by atoms with E-state index in [-0.39, 0.29) is 0 Å². The Hall–Kier alpha value is -1.90. The Morgan fingerprint density at radius 1 is 1.33 bits per heavy atom. The van der Waals surface area contributed by atoms with Crippen molar-refractivity contribution in [3.63, 3.8) is 0 Å². The number of nitrogens with zero attached hydrogens (tertiary/aromatic N) is 3. The van der Waals surface area contributed by atoms with Crippen LogP contribution in [0.15, 0.2) is 41.7 Å². The van der Waals surface area contributed by atoms with E-state index in [0.29, 0.717) is 0 Å². The summed E-state index contributed by atoms with van der Waals surface area (Å²) in [6.07, 6.45) is 5.45. The van der Waals surface area contributed by atoms with E-state index in [2.05, 4.69) is 9.98 Å². The number of hydrogen-bond acceptors (Lipinski definition) is 2. The van der Waals surface area contributed by atoms with Crippen LogP contribution in [0.2, 0.25) is 0 Å². The van der Waals surface area contributed by atoms with Gasteiger partial charge in [-0.3, -0.25) is 4.99 Å². The maximum Gasteiger partial charge on any atom is 0.150 e. The third kappa shape index (κ3) is 2.13. The molecule has 0 saturated carbocycles. The second kappa shape index (κ2) is 4.09. The summed E-state index contributed by atoms with van der Waals surface area (Å²) in [5.74, 6) is 0.859. The molecule has 76 valence electrons. The highest BCUT2D eigenvalue weighted by molar-refractivity contribution is 5.78. The van der Waals surface area contributed by atoms with Crippen LogP contribution in [0.4, 0.5) is 5.69 Å². The SMILES string of the molecule is Cc1ccccc1/N=C/c1nccn1C. The molecule has 0 aliphatic heterocycles. The smallest absolute Gasteiger partial charge is 0.150 e. The van der Waals surface area contributed by atoms with Gasteiger partial charge >= 0.3 is 0 Å². The Labute approximate surface area is 89.1 Å². The molecule has 0 radical (unpaired) electrons. The molecule has 0 N–H and O–H groups in total. The Morgan fingerprint density at radius 2 is 2.13 bits per heavy atom. The fourth-order valence-corrected chi connectivity index (χ4v) is 1.34. The molecule has 0 spiro atoms. The van der Waals surface area contributed by atoms with Crippen LogP contribution in [0, 0.1) is 6.92 Å². The van der Waals surface area contributed by atoms with Gasteiger partial charge in [0.05, 0.1) is 11.9 Å². The van der Waals surface area contributed by atoms with Crippen LogP contribution in [-0.4, -0.2) is 15.8 Å². The van der Waals surface area contributed by atoms with Gasteiger partial charge in [0.15, 0.2) is 5.82 Å². The minimum atomic E-state index is 0.859. The molecule has 0 unspecified atom stereocenters. The predicted octanol–water partition coefficient (Wildman–Crippen LogP) is 2.48. The predicted molar refractivity (Wildman–Crippen MR) is 61.6 cm³/mol. The number of aliphatic imine (C=N–C) groups is 1. The van der Waals surface area contributed by atoms with Gasteiger partial charge in [0.2, 0.25) is 0 Å². The van der Waals surface area contributed by atoms with Crippen molar-refractivity contribution in [2.75, 3.05) is 0 Å². The first-order valence-electron chi connectivity index (χ1n) is 4.84. The van der Waals surface area contributed by atoms with Crippen LogP contribution in [-0.2, 0) is 7.05 Å². The number of aryl methyl sites for hydroxylation is 2. The minimum Gasteiger partial charge on any atom is -0.333 e. The van der Waals surface area contributed by atoms with Crippen molar-refractivity contribution in [3.8, 4) is 0 Å². The lowest BCUT2D eigenvalue weighted by molar-refractivity contribution is 0.902. The largest absolute Gasteiger partial charge is 0.333 e. The zero-order valence-electron chi connectivity index (χ0n) is 8.88. The Morgan fingerprint density at radius 3 is 2.80 bits per heavy atom. The quantitative estimate of drug-likeness (QED) is 0.683. The topological polar surface area (TPSA) is 30.2 Å². The van der Waals surface area contributed by atoms with Gasteiger partial charge in [-0.2, -0.15) is 0 Å². The Balaban J connectivity index is 2.26. The number of benzene rings is 1. The zero-order valence-corrected chi connectivity index (χ0v) is 8.88. The summed E-state index contributed by atoms with van der Waals surface area (Å²) in [5.41, 5.74) is 2.16. The molecule has 3 heteroatoms. The zero-order chi connectivity index (χ0) is 10.7. The first-order chi connectivity index (χ1) is 7.27. The van der Waals surface area contributed by atoms with Gasteiger partial charge in [0.25, 0.3) is 0 Å². The summed E-state index contributed by atoms with van der Waals surface area (Å²) in [6.45, 7) is 2.05. The Bertz CT molecular complexity index is 483. The average molecular weight is 199 g/mol. The summed E-state index contributed by atoms with van der Waals surface area (Å²) in [7, 11) is 1.95. The molecule has 15 heavy (non-hydrogen) atoms. The van der Waals surface area contributed by atoms with Crippen molar-refractivity contribution in [2.45, 2.75) is 6.92 Å². The highest BCUT2D eigenvalue weighted by Gasteiger charge is 1.95. The molecule has 1 aromatic heterocycles. The Kier molecular flexibility index (Phi) is 2.63. The van der Waals surface area contributed by atoms with E-state index >= 15 is 0 Å². The van der Waals surface area contributed by atoms with E-state index in [0.717, 1.165) is 11.5 Å². The molecular formula is C12H13N3. The third-order valence-corrected chi connectivity index (χ3v) is 2.29. The van der Waals surface area contributed by atoms with Crippen LogP contribution in [0.5, 0.6) is 0 Å². The molecule has 0 bridgehead atoms. The molecule has 1 heterocycles. The minimum absolute atomic E-state index is 0.859. The molecule has 0 amide bonds. The summed E-state index contributed by atoms with van der Waals surface area (Å²) >= 11 is 0. The molecule has 0 aliphatic rings. The molecule has 0 fully saturated rings. The second-order valence-corrected chi connectivity index (χ2v) is 3.44. The number of rotatable bonds is 2. The molecule has 2 aromatic rings. The van der Waals surface area contributed by atoms with E-state index in [1.165, 1.54) is 5.56 Å². The van der Waals surface area contributed by atoms with Crippen molar-refractivity contribution in [1.82, 2.24) is 9.55 Å². The van der Waals surface area contributed by atoms with Gasteiger partial charge in [-0.1, -0.05) is 18.2 Å². The fourth-order valence-electron chi connectivity index (χ4n) is 1.34. The monoisotopic (exact) mass is 199 g/mol. The number of imidazole rings is 1. The molecule has 0 aliphatic carbocycles. The summed E-state index contributed by atoms with van der Waals surface area (Å²) in [5, 5.41) is 0. The molecule has 1 aromatic carbocycles. The van der Waals surface area contributed by atoms with E-state index < -0.39 is 0 Å². The van der Waals surface area contributed by atoms with Crippen molar-refractivity contribution >= 4 is 11.9 Å². The van der Waals surface area contributed by atoms with Crippen molar-refractivity contribution in [2.24, 2.45) is 12.0 Å². The fraction of sp³-hybridized carbons (Fsp3) is 0.167. The third-order valence-electron chi connectivity index (χ3n) is 2.29. The lowest BCUT2D eigenvalue weighted by Gasteiger charge is -1.98. The van der Waals surface area contributed by atoms with Gasteiger partial charge in [-0.25, -0.2) is 4.98 Å². The van der Waals surface area contributed by atoms with E-state index in [9.17, 15) is 0 Å². The van der Waals surface area contributed by atoms with Crippen LogP contribution in [0.1, 0.15) is 11.4 Å². The van der Waals surface area contributed by atoms with Crippen LogP contribution < -0.4 is 0 Å². The number of aromatic nitrogens is 2. The number of para-hydroxylation sites is 1. The number of hydrogen-bond donors (Lipinski definition) is 0. The van der Waals surface area contributed by atoms with Gasteiger partial charge in [-0.15, -0.1) is 0 Å². The normalized spacial score (nSPS) is 11.1. The molecule has 3 nitrogen and oxygen atoms in total. The van der Waals surface area contributed by atoms with Crippen LogP contribution >= 0.6 is 0 Å². The first-order valence-corrected chi connectivity index (χ1v) is 4.84. The van der Waals surface area contributed by atoms with Gasteiger partial charge in [-0.05, 0) is 18.6 Å². The maximum atomic E-state index is 4.40. The summed E-state index contributed by atoms with van der Waals surface area (Å²) in [4.78, 5) is 8.57. The molecule has 0 saturated heterocycles. The standard InChI is InChI=1S/C12H13N3/c1-10-5-3-4-6-11(10)14-9-12-13-7-8-15(12)2/h3-9H,1-2H3/b14-9+. The van der Waals surface area contributed by atoms with Crippen molar-refractivity contribution in [3.05, 3.63) is 48.0 Å². The van der Waals surface area contributed by atoms with Crippen molar-refractivity contribution < 1.29 is 0 Å². The van der Waals surface area contributed by atoms with Gasteiger partial charge in [0.1, 0.15) is 0 Å². The molecule has 0 atom stereocenters. The van der Waals surface area contributed by atoms with Crippen LogP contribution in [0.3, 0.4) is 0 Å². The van der Waals surface area contributed by atoms with E-state index in [4.69, 9.17) is 0 Å². The highest BCUT2D eigenvalue weighted by atomic mass is 15.0. The van der Waals surface area contributed by atoms with Crippen molar-refractivity contribution in [1.29, 1.82) is 0 Å². The van der Waals surface area contributed by atoms with E-state index in [1.54, 1.807) is 12.4 Å². The van der Waals surface area contributed by atoms with Gasteiger partial charge in [0, 0.05) is 19.4 Å².